The second kappa shape index (κ2) is 9.63. The van der Waals surface area contributed by atoms with Crippen molar-refractivity contribution in [1.29, 1.82) is 0 Å². The number of benzene rings is 2. The maximum Gasteiger partial charge on any atom is 0.416 e. The summed E-state index contributed by atoms with van der Waals surface area (Å²) >= 11 is 0. The second-order valence-corrected chi connectivity index (χ2v) is 8.76. The van der Waals surface area contributed by atoms with Gasteiger partial charge in [-0.1, -0.05) is 24.3 Å². The van der Waals surface area contributed by atoms with E-state index in [9.17, 15) is 18.0 Å². The Morgan fingerprint density at radius 2 is 1.82 bits per heavy atom. The molecule has 2 atom stereocenters. The lowest BCUT2D eigenvalue weighted by atomic mass is 9.83. The Morgan fingerprint density at radius 3 is 2.55 bits per heavy atom. The molecule has 0 radical (unpaired) electrons. The Kier molecular flexibility index (Phi) is 6.83. The topological polar surface area (TPSA) is 42.0 Å². The molecule has 2 aromatic rings. The molecule has 4 rings (SSSR count). The summed E-state index contributed by atoms with van der Waals surface area (Å²) < 4.78 is 50.3. The van der Waals surface area contributed by atoms with Gasteiger partial charge in [0.2, 0.25) is 5.91 Å². The summed E-state index contributed by atoms with van der Waals surface area (Å²) in [6.45, 7) is 2.56. The molecule has 2 aliphatic rings. The van der Waals surface area contributed by atoms with Crippen molar-refractivity contribution < 1.29 is 27.4 Å². The number of likely N-dealkylation sites (tertiary alicyclic amines) is 2. The fourth-order valence-electron chi connectivity index (χ4n) is 5.14. The molecule has 1 amide bonds. The Labute approximate surface area is 192 Å². The zero-order valence-electron chi connectivity index (χ0n) is 18.9. The lowest BCUT2D eigenvalue weighted by molar-refractivity contribution is -0.142. The van der Waals surface area contributed by atoms with Crippen molar-refractivity contribution in [3.63, 3.8) is 0 Å². The van der Waals surface area contributed by atoms with E-state index in [0.717, 1.165) is 49.4 Å². The molecule has 0 bridgehead atoms. The highest BCUT2D eigenvalue weighted by molar-refractivity contribution is 5.77. The third-order valence-electron chi connectivity index (χ3n) is 6.71. The normalized spacial score (nSPS) is 21.6. The van der Waals surface area contributed by atoms with Crippen LogP contribution >= 0.6 is 0 Å². The summed E-state index contributed by atoms with van der Waals surface area (Å²) in [6.07, 6.45) is -2.37. The van der Waals surface area contributed by atoms with Crippen LogP contribution in [0.2, 0.25) is 0 Å². The van der Waals surface area contributed by atoms with Gasteiger partial charge in [0.25, 0.3) is 0 Å². The van der Waals surface area contributed by atoms with Crippen LogP contribution in [-0.2, 0) is 24.1 Å². The van der Waals surface area contributed by atoms with E-state index >= 15 is 0 Å². The van der Waals surface area contributed by atoms with Gasteiger partial charge < -0.3 is 14.4 Å². The van der Waals surface area contributed by atoms with Gasteiger partial charge in [-0.25, -0.2) is 0 Å². The molecule has 2 aliphatic heterocycles. The first kappa shape index (κ1) is 23.4. The van der Waals surface area contributed by atoms with Crippen molar-refractivity contribution in [2.24, 2.45) is 5.92 Å². The first-order valence-electron chi connectivity index (χ1n) is 11.2. The molecule has 8 heteroatoms. The molecule has 0 aromatic heterocycles. The predicted octanol–water partition coefficient (Wildman–Crippen LogP) is 4.74. The highest BCUT2D eigenvalue weighted by Gasteiger charge is 2.39. The Balaban J connectivity index is 1.46. The molecule has 2 aromatic carbocycles. The van der Waals surface area contributed by atoms with E-state index in [-0.39, 0.29) is 18.5 Å². The fourth-order valence-corrected chi connectivity index (χ4v) is 5.14. The molecule has 178 valence electrons. The zero-order valence-corrected chi connectivity index (χ0v) is 18.9. The van der Waals surface area contributed by atoms with Gasteiger partial charge in [0.1, 0.15) is 0 Å². The van der Waals surface area contributed by atoms with E-state index in [1.54, 1.807) is 25.2 Å². The summed E-state index contributed by atoms with van der Waals surface area (Å²) in [7, 11) is 3.25. The lowest BCUT2D eigenvalue weighted by Gasteiger charge is -2.47. The SMILES string of the molecule is COc1cccc(CN2CC[C@@H]3[C@@H](CCC(=O)N3Cc3cccc(C(F)(F)F)c3)C2)c1OC. The summed E-state index contributed by atoms with van der Waals surface area (Å²) in [6, 6.07) is 11.2. The van der Waals surface area contributed by atoms with E-state index in [1.807, 2.05) is 18.2 Å². The summed E-state index contributed by atoms with van der Waals surface area (Å²) in [5.41, 5.74) is 0.883. The summed E-state index contributed by atoms with van der Waals surface area (Å²) in [4.78, 5) is 16.9. The number of nitrogens with zero attached hydrogens (tertiary/aromatic N) is 2. The molecule has 0 aliphatic carbocycles. The number of halogens is 3. The van der Waals surface area contributed by atoms with E-state index in [2.05, 4.69) is 4.90 Å². The minimum absolute atomic E-state index is 0.0246. The lowest BCUT2D eigenvalue weighted by Crippen LogP contribution is -2.55. The Morgan fingerprint density at radius 1 is 1.03 bits per heavy atom. The number of amides is 1. The number of carbonyl (C=O) groups excluding carboxylic acids is 1. The van der Waals surface area contributed by atoms with Crippen molar-refractivity contribution in [3.05, 3.63) is 59.2 Å². The fraction of sp³-hybridized carbons (Fsp3) is 0.480. The third-order valence-corrected chi connectivity index (χ3v) is 6.71. The number of hydrogen-bond acceptors (Lipinski definition) is 4. The Bertz CT molecular complexity index is 995. The van der Waals surface area contributed by atoms with Gasteiger partial charge in [0, 0.05) is 44.2 Å². The maximum absolute atomic E-state index is 13.1. The standard InChI is InChI=1S/C25H29F3N2O3/c1-32-22-8-4-6-19(24(22)33-2)16-29-12-11-21-18(15-29)9-10-23(31)30(21)14-17-5-3-7-20(13-17)25(26,27)28/h3-8,13,18,21H,9-12,14-16H2,1-2H3/t18-,21+/m0/s1. The first-order valence-corrected chi connectivity index (χ1v) is 11.2. The quantitative estimate of drug-likeness (QED) is 0.622. The van der Waals surface area contributed by atoms with Crippen molar-refractivity contribution in [1.82, 2.24) is 9.80 Å². The van der Waals surface area contributed by atoms with Crippen molar-refractivity contribution >= 4 is 5.91 Å². The third kappa shape index (κ3) is 5.11. The molecule has 0 unspecified atom stereocenters. The molecule has 33 heavy (non-hydrogen) atoms. The van der Waals surface area contributed by atoms with Crippen molar-refractivity contribution in [3.8, 4) is 11.5 Å². The Hall–Kier alpha value is -2.74. The van der Waals surface area contributed by atoms with E-state index < -0.39 is 11.7 Å². The second-order valence-electron chi connectivity index (χ2n) is 8.76. The summed E-state index contributed by atoms with van der Waals surface area (Å²) in [5.74, 6) is 1.74. The molecular formula is C25H29F3N2O3. The predicted molar refractivity (Wildman–Crippen MR) is 118 cm³/mol. The molecule has 5 nitrogen and oxygen atoms in total. The van der Waals surface area contributed by atoms with Crippen LogP contribution in [0.1, 0.15) is 36.0 Å². The number of hydrogen-bond donors (Lipinski definition) is 0. The number of methoxy groups -OCH3 is 2. The van der Waals surface area contributed by atoms with Crippen LogP contribution < -0.4 is 9.47 Å². The highest BCUT2D eigenvalue weighted by Crippen LogP contribution is 2.36. The number of piperidine rings is 2. The maximum atomic E-state index is 13.1. The van der Waals surface area contributed by atoms with Gasteiger partial charge in [-0.15, -0.1) is 0 Å². The van der Waals surface area contributed by atoms with Crippen LogP contribution in [0.4, 0.5) is 13.2 Å². The minimum Gasteiger partial charge on any atom is -0.493 e. The van der Waals surface area contributed by atoms with Crippen LogP contribution in [0.15, 0.2) is 42.5 Å². The van der Waals surface area contributed by atoms with Crippen LogP contribution in [0.5, 0.6) is 11.5 Å². The smallest absolute Gasteiger partial charge is 0.416 e. The minimum atomic E-state index is -4.39. The molecule has 0 N–H and O–H groups in total. The van der Waals surface area contributed by atoms with Crippen molar-refractivity contribution in [2.75, 3.05) is 27.3 Å². The number of alkyl halides is 3. The molecule has 2 fully saturated rings. The van der Waals surface area contributed by atoms with Crippen LogP contribution in [-0.4, -0.2) is 49.1 Å². The largest absolute Gasteiger partial charge is 0.493 e. The van der Waals surface area contributed by atoms with Gasteiger partial charge in [-0.3, -0.25) is 9.69 Å². The average molecular weight is 463 g/mol. The molecular weight excluding hydrogens is 433 g/mol. The number of ether oxygens (including phenoxy) is 2. The molecule has 0 saturated carbocycles. The highest BCUT2D eigenvalue weighted by atomic mass is 19.4. The van der Waals surface area contributed by atoms with Crippen molar-refractivity contribution in [2.45, 2.75) is 44.6 Å². The van der Waals surface area contributed by atoms with Gasteiger partial charge in [-0.2, -0.15) is 13.2 Å². The van der Waals surface area contributed by atoms with Crippen LogP contribution in [0.3, 0.4) is 0 Å². The van der Waals surface area contributed by atoms with Gasteiger partial charge in [0.05, 0.1) is 19.8 Å². The number of carbonyl (C=O) groups is 1. The summed E-state index contributed by atoms with van der Waals surface area (Å²) in [5, 5.41) is 0. The number of rotatable bonds is 6. The average Bonchev–Trinajstić information content (AvgIpc) is 2.80. The first-order chi connectivity index (χ1) is 15.8. The van der Waals surface area contributed by atoms with E-state index in [4.69, 9.17) is 9.47 Å². The van der Waals surface area contributed by atoms with E-state index in [0.29, 0.717) is 30.2 Å². The van der Waals surface area contributed by atoms with Gasteiger partial charge in [-0.05, 0) is 42.5 Å². The number of fused-ring (bicyclic) bond motifs is 1. The van der Waals surface area contributed by atoms with Crippen LogP contribution in [0.25, 0.3) is 0 Å². The molecule has 0 spiro atoms. The van der Waals surface area contributed by atoms with Crippen LogP contribution in [0, 0.1) is 5.92 Å². The zero-order chi connectivity index (χ0) is 23.6. The number of para-hydroxylation sites is 1. The van der Waals surface area contributed by atoms with E-state index in [1.165, 1.54) is 6.07 Å². The molecule has 2 saturated heterocycles. The molecule has 2 heterocycles. The monoisotopic (exact) mass is 462 g/mol. The van der Waals surface area contributed by atoms with Gasteiger partial charge >= 0.3 is 6.18 Å². The van der Waals surface area contributed by atoms with Gasteiger partial charge in [0.15, 0.2) is 11.5 Å².